The van der Waals surface area contributed by atoms with E-state index in [2.05, 4.69) is 28.5 Å². The first-order valence-corrected chi connectivity index (χ1v) is 14.6. The highest BCUT2D eigenvalue weighted by molar-refractivity contribution is 5.83. The molecule has 7 N–H and O–H groups in total. The Morgan fingerprint density at radius 1 is 1.14 bits per heavy atom. The molecule has 2 aromatic carbocycles. The number of ether oxygens (including phenoxy) is 1. The quantitative estimate of drug-likeness (QED) is 0.129. The number of hydrogen-bond donors (Lipinski definition) is 6. The van der Waals surface area contributed by atoms with E-state index in [0.29, 0.717) is 18.6 Å². The molecule has 3 unspecified atom stereocenters. The average molecular weight is 573 g/mol. The molecule has 0 saturated carbocycles. The van der Waals surface area contributed by atoms with E-state index in [-0.39, 0.29) is 43.7 Å². The van der Waals surface area contributed by atoms with Crippen molar-refractivity contribution in [1.29, 1.82) is 0 Å². The number of aliphatic hydroxyl groups excluding tert-OH is 2. The SMILES string of the molecule is CCCC(O)CC(O)CC(=O)CCc1ccc(O)c(OCn2cc3[nH]cc(Cc4cccc5c4C=CNC5N)c3c2)c1. The number of aliphatic hydroxyl groups is 2. The van der Waals surface area contributed by atoms with Gasteiger partial charge in [0, 0.05) is 43.2 Å². The third-order valence-electron chi connectivity index (χ3n) is 7.81. The van der Waals surface area contributed by atoms with Crippen molar-refractivity contribution in [3.8, 4) is 11.5 Å². The second-order valence-corrected chi connectivity index (χ2v) is 11.1. The number of ketones is 1. The molecular formula is C33H40N4O5. The lowest BCUT2D eigenvalue weighted by atomic mass is 9.93. The number of nitrogens with zero attached hydrogens (tertiary/aromatic N) is 1. The summed E-state index contributed by atoms with van der Waals surface area (Å²) in [6, 6.07) is 11.3. The number of aromatic hydroxyl groups is 1. The summed E-state index contributed by atoms with van der Waals surface area (Å²) in [6.07, 6.45) is 11.5. The summed E-state index contributed by atoms with van der Waals surface area (Å²) in [4.78, 5) is 15.7. The molecular weight excluding hydrogens is 532 g/mol. The van der Waals surface area contributed by atoms with Crippen LogP contribution in [-0.4, -0.2) is 42.9 Å². The molecule has 0 saturated heterocycles. The van der Waals surface area contributed by atoms with Gasteiger partial charge in [0.2, 0.25) is 0 Å². The second kappa shape index (κ2) is 13.3. The van der Waals surface area contributed by atoms with Gasteiger partial charge in [-0.3, -0.25) is 4.79 Å². The fourth-order valence-electron chi connectivity index (χ4n) is 5.60. The van der Waals surface area contributed by atoms with Crippen LogP contribution in [0, 0.1) is 0 Å². The minimum atomic E-state index is -0.837. The number of nitrogens with one attached hydrogen (secondary N) is 2. The van der Waals surface area contributed by atoms with E-state index in [0.717, 1.165) is 46.0 Å². The van der Waals surface area contributed by atoms with Gasteiger partial charge in [-0.2, -0.15) is 0 Å². The Morgan fingerprint density at radius 3 is 2.83 bits per heavy atom. The Bertz CT molecular complexity index is 1560. The highest BCUT2D eigenvalue weighted by Crippen LogP contribution is 2.30. The maximum absolute atomic E-state index is 12.4. The number of aromatic amines is 1. The fourth-order valence-corrected chi connectivity index (χ4v) is 5.60. The fraction of sp³-hybridized carbons (Fsp3) is 0.364. The Labute approximate surface area is 245 Å². The molecule has 1 aliphatic heterocycles. The highest BCUT2D eigenvalue weighted by atomic mass is 16.5. The molecule has 0 spiro atoms. The minimum absolute atomic E-state index is 0.0263. The molecule has 4 aromatic rings. The zero-order valence-electron chi connectivity index (χ0n) is 23.9. The lowest BCUT2D eigenvalue weighted by Gasteiger charge is -2.22. The van der Waals surface area contributed by atoms with Gasteiger partial charge in [-0.1, -0.05) is 37.6 Å². The number of carbonyl (C=O) groups is 1. The molecule has 9 heteroatoms. The molecule has 42 heavy (non-hydrogen) atoms. The lowest BCUT2D eigenvalue weighted by molar-refractivity contribution is -0.121. The first-order valence-electron chi connectivity index (χ1n) is 14.6. The van der Waals surface area contributed by atoms with Crippen molar-refractivity contribution in [2.75, 3.05) is 0 Å². The molecule has 0 aliphatic carbocycles. The van der Waals surface area contributed by atoms with Crippen molar-refractivity contribution in [2.45, 2.75) is 77.0 Å². The van der Waals surface area contributed by atoms with Crippen molar-refractivity contribution in [3.63, 3.8) is 0 Å². The maximum atomic E-state index is 12.4. The Balaban J connectivity index is 1.19. The van der Waals surface area contributed by atoms with Crippen LogP contribution in [0.2, 0.25) is 0 Å². The largest absolute Gasteiger partial charge is 0.504 e. The van der Waals surface area contributed by atoms with E-state index < -0.39 is 12.2 Å². The van der Waals surface area contributed by atoms with Crippen molar-refractivity contribution in [2.24, 2.45) is 5.73 Å². The van der Waals surface area contributed by atoms with Crippen LogP contribution >= 0.6 is 0 Å². The highest BCUT2D eigenvalue weighted by Gasteiger charge is 2.18. The standard InChI is InChI=1S/C33H40N4O5/c1-2-4-24(38)15-26(40)16-25(39)9-7-21-8-10-31(41)32(13-21)42-20-37-18-29-23(17-36-30(29)19-37)14-22-5-3-6-28-27(22)11-12-35-33(28)34/h3,5-6,8,10-13,17-19,24,26,33,35-36,38,40-41H,2,4,7,9,14-16,20,34H2,1H3. The zero-order valence-corrected chi connectivity index (χ0v) is 23.9. The van der Waals surface area contributed by atoms with Crippen LogP contribution in [0.5, 0.6) is 11.5 Å². The summed E-state index contributed by atoms with van der Waals surface area (Å²) in [7, 11) is 0. The average Bonchev–Trinajstić information content (AvgIpc) is 3.53. The zero-order chi connectivity index (χ0) is 29.6. The molecule has 9 nitrogen and oxygen atoms in total. The van der Waals surface area contributed by atoms with E-state index >= 15 is 0 Å². The van der Waals surface area contributed by atoms with E-state index in [1.807, 2.05) is 42.3 Å². The first kappa shape index (κ1) is 29.4. The summed E-state index contributed by atoms with van der Waals surface area (Å²) in [5.41, 5.74) is 12.7. The van der Waals surface area contributed by atoms with Gasteiger partial charge in [0.25, 0.3) is 0 Å². The number of carbonyl (C=O) groups excluding carboxylic acids is 1. The van der Waals surface area contributed by atoms with Gasteiger partial charge in [0.15, 0.2) is 18.2 Å². The first-order chi connectivity index (χ1) is 20.3. The predicted octanol–water partition coefficient (Wildman–Crippen LogP) is 4.64. The van der Waals surface area contributed by atoms with Crippen LogP contribution in [0.4, 0.5) is 0 Å². The smallest absolute Gasteiger partial charge is 0.165 e. The molecule has 0 radical (unpaired) electrons. The third kappa shape index (κ3) is 7.05. The predicted molar refractivity (Wildman–Crippen MR) is 163 cm³/mol. The van der Waals surface area contributed by atoms with Gasteiger partial charge in [0.1, 0.15) is 11.9 Å². The van der Waals surface area contributed by atoms with Gasteiger partial charge >= 0.3 is 0 Å². The van der Waals surface area contributed by atoms with Gasteiger partial charge in [-0.25, -0.2) is 0 Å². The summed E-state index contributed by atoms with van der Waals surface area (Å²) < 4.78 is 7.89. The molecule has 2 aromatic heterocycles. The molecule has 222 valence electrons. The Morgan fingerprint density at radius 2 is 2.00 bits per heavy atom. The number of rotatable bonds is 14. The lowest BCUT2D eigenvalue weighted by Crippen LogP contribution is -2.27. The second-order valence-electron chi connectivity index (χ2n) is 11.1. The number of Topliss-reactive ketones (excluding diaryl/α,β-unsaturated/α-hetero) is 1. The molecule has 3 atom stereocenters. The van der Waals surface area contributed by atoms with Crippen LogP contribution < -0.4 is 15.8 Å². The summed E-state index contributed by atoms with van der Waals surface area (Å²) >= 11 is 0. The van der Waals surface area contributed by atoms with Crippen molar-refractivity contribution >= 4 is 22.8 Å². The molecule has 0 bridgehead atoms. The Hall–Kier alpha value is -4.05. The maximum Gasteiger partial charge on any atom is 0.165 e. The number of phenolic OH excluding ortho intramolecular Hbond substituents is 1. The van der Waals surface area contributed by atoms with Gasteiger partial charge in [-0.05, 0) is 71.5 Å². The van der Waals surface area contributed by atoms with Crippen LogP contribution in [0.3, 0.4) is 0 Å². The molecule has 0 amide bonds. The molecule has 3 heterocycles. The van der Waals surface area contributed by atoms with Crippen LogP contribution in [0.15, 0.2) is 61.2 Å². The minimum Gasteiger partial charge on any atom is -0.504 e. The number of hydrogen-bond acceptors (Lipinski definition) is 7. The molecule has 0 fully saturated rings. The molecule has 1 aliphatic rings. The Kier molecular flexibility index (Phi) is 9.31. The van der Waals surface area contributed by atoms with E-state index in [1.165, 1.54) is 5.56 Å². The van der Waals surface area contributed by atoms with E-state index in [1.54, 1.807) is 18.2 Å². The number of nitrogens with two attached hydrogens (primary N) is 1. The van der Waals surface area contributed by atoms with Crippen LogP contribution in [0.1, 0.15) is 73.0 Å². The van der Waals surface area contributed by atoms with Gasteiger partial charge in [-0.15, -0.1) is 0 Å². The number of fused-ring (bicyclic) bond motifs is 2. The van der Waals surface area contributed by atoms with Crippen molar-refractivity contribution in [1.82, 2.24) is 14.9 Å². The van der Waals surface area contributed by atoms with Crippen molar-refractivity contribution < 1.29 is 24.9 Å². The third-order valence-corrected chi connectivity index (χ3v) is 7.81. The van der Waals surface area contributed by atoms with E-state index in [9.17, 15) is 20.1 Å². The summed E-state index contributed by atoms with van der Waals surface area (Å²) in [6.45, 7) is 2.17. The van der Waals surface area contributed by atoms with Crippen LogP contribution in [-0.2, 0) is 24.4 Å². The molecule has 5 rings (SSSR count). The number of H-pyrrole nitrogens is 1. The summed E-state index contributed by atoms with van der Waals surface area (Å²) in [5.74, 6) is 0.304. The van der Waals surface area contributed by atoms with Gasteiger partial charge in [0.05, 0.1) is 17.7 Å². The number of aromatic nitrogens is 2. The monoisotopic (exact) mass is 572 g/mol. The number of phenols is 1. The van der Waals surface area contributed by atoms with Crippen LogP contribution in [0.25, 0.3) is 17.0 Å². The normalized spacial score (nSPS) is 15.8. The van der Waals surface area contributed by atoms with Gasteiger partial charge < -0.3 is 40.7 Å². The van der Waals surface area contributed by atoms with E-state index in [4.69, 9.17) is 10.5 Å². The number of benzene rings is 2. The number of aryl methyl sites for hydroxylation is 1. The topological polar surface area (TPSA) is 146 Å². The van der Waals surface area contributed by atoms with Crippen molar-refractivity contribution in [3.05, 3.63) is 89.0 Å². The summed E-state index contributed by atoms with van der Waals surface area (Å²) in [5, 5.41) is 34.6.